The van der Waals surface area contributed by atoms with E-state index in [0.717, 1.165) is 6.42 Å². The van der Waals surface area contributed by atoms with Crippen LogP contribution in [0.4, 0.5) is 0 Å². The summed E-state index contributed by atoms with van der Waals surface area (Å²) < 4.78 is 0. The van der Waals surface area contributed by atoms with Gasteiger partial charge in [-0.05, 0) is 44.9 Å². The maximum atomic E-state index is 2.33. The molecule has 0 aliphatic heterocycles. The van der Waals surface area contributed by atoms with E-state index >= 15 is 0 Å². The quantitative estimate of drug-likeness (QED) is 0.480. The van der Waals surface area contributed by atoms with Gasteiger partial charge in [0.25, 0.3) is 0 Å². The van der Waals surface area contributed by atoms with Crippen molar-refractivity contribution < 1.29 is 0 Å². The van der Waals surface area contributed by atoms with Crippen LogP contribution in [0.25, 0.3) is 0 Å². The van der Waals surface area contributed by atoms with E-state index in [9.17, 15) is 0 Å². The molecule has 1 aliphatic rings. The second-order valence-corrected chi connectivity index (χ2v) is 3.51. The van der Waals surface area contributed by atoms with Crippen molar-refractivity contribution in [1.82, 2.24) is 0 Å². The molecule has 1 aliphatic carbocycles. The first-order chi connectivity index (χ1) is 6.50. The van der Waals surface area contributed by atoms with Gasteiger partial charge in [-0.1, -0.05) is 36.5 Å². The first kappa shape index (κ1) is 10.3. The van der Waals surface area contributed by atoms with Crippen molar-refractivity contribution in [2.24, 2.45) is 0 Å². The van der Waals surface area contributed by atoms with Crippen LogP contribution in [0.15, 0.2) is 36.5 Å². The van der Waals surface area contributed by atoms with Gasteiger partial charge in [0.05, 0.1) is 0 Å². The Morgan fingerprint density at radius 2 is 0.846 bits per heavy atom. The van der Waals surface area contributed by atoms with Crippen LogP contribution in [-0.2, 0) is 0 Å². The van der Waals surface area contributed by atoms with Gasteiger partial charge in [0, 0.05) is 0 Å². The molecular formula is C13H20. The lowest BCUT2D eigenvalue weighted by Crippen LogP contribution is -1.70. The summed E-state index contributed by atoms with van der Waals surface area (Å²) in [6, 6.07) is 0. The summed E-state index contributed by atoms with van der Waals surface area (Å²) in [4.78, 5) is 0. The Kier molecular flexibility index (Phi) is 6.22. The van der Waals surface area contributed by atoms with Crippen LogP contribution in [0.1, 0.15) is 44.9 Å². The van der Waals surface area contributed by atoms with E-state index in [1.807, 2.05) is 0 Å². The van der Waals surface area contributed by atoms with Gasteiger partial charge in [-0.2, -0.15) is 0 Å². The second kappa shape index (κ2) is 7.85. The van der Waals surface area contributed by atoms with E-state index in [4.69, 9.17) is 0 Å². The standard InChI is InChI=1S/C13H20/c1-2-4-6-8-10-12-13-11-9-7-5-3-1/h1-2,5,7,10,12H,3-4,6,8-9,11,13H2/b2-1-,7-5+,12-10?. The summed E-state index contributed by atoms with van der Waals surface area (Å²) in [5.74, 6) is 0. The third kappa shape index (κ3) is 6.39. The molecule has 0 heteroatoms. The van der Waals surface area contributed by atoms with Crippen LogP contribution in [0.2, 0.25) is 0 Å². The van der Waals surface area contributed by atoms with Gasteiger partial charge in [0.1, 0.15) is 0 Å². The van der Waals surface area contributed by atoms with Gasteiger partial charge in [0.15, 0.2) is 0 Å². The van der Waals surface area contributed by atoms with Crippen molar-refractivity contribution in [1.29, 1.82) is 0 Å². The Balaban J connectivity index is 2.27. The minimum Gasteiger partial charge on any atom is -0.0885 e. The highest BCUT2D eigenvalue weighted by Gasteiger charge is 1.84. The van der Waals surface area contributed by atoms with Crippen molar-refractivity contribution in [3.05, 3.63) is 36.5 Å². The highest BCUT2D eigenvalue weighted by molar-refractivity contribution is 4.94. The first-order valence-corrected chi connectivity index (χ1v) is 5.45. The lowest BCUT2D eigenvalue weighted by atomic mass is 10.2. The van der Waals surface area contributed by atoms with Crippen LogP contribution < -0.4 is 0 Å². The third-order valence-corrected chi connectivity index (χ3v) is 2.26. The van der Waals surface area contributed by atoms with Crippen molar-refractivity contribution in [2.45, 2.75) is 44.9 Å². The number of allylic oxidation sites excluding steroid dienone is 6. The van der Waals surface area contributed by atoms with Crippen LogP contribution >= 0.6 is 0 Å². The van der Waals surface area contributed by atoms with E-state index in [1.54, 1.807) is 0 Å². The molecule has 0 fully saturated rings. The molecule has 0 N–H and O–H groups in total. The van der Waals surface area contributed by atoms with E-state index in [-0.39, 0.29) is 0 Å². The molecule has 0 aromatic carbocycles. The predicted octanol–water partition coefficient (Wildman–Crippen LogP) is 4.40. The maximum Gasteiger partial charge on any atom is -0.0169 e. The van der Waals surface area contributed by atoms with Crippen LogP contribution in [0.5, 0.6) is 0 Å². The third-order valence-electron chi connectivity index (χ3n) is 2.26. The van der Waals surface area contributed by atoms with Crippen molar-refractivity contribution in [3.63, 3.8) is 0 Å². The van der Waals surface area contributed by atoms with E-state index in [0.29, 0.717) is 0 Å². The lowest BCUT2D eigenvalue weighted by Gasteiger charge is -1.90. The van der Waals surface area contributed by atoms with Gasteiger partial charge < -0.3 is 0 Å². The molecule has 0 bridgehead atoms. The van der Waals surface area contributed by atoms with Crippen LogP contribution in [0.3, 0.4) is 0 Å². The Hall–Kier alpha value is -0.780. The topological polar surface area (TPSA) is 0 Å². The molecule has 72 valence electrons. The Morgan fingerprint density at radius 3 is 1.31 bits per heavy atom. The number of rotatable bonds is 0. The highest BCUT2D eigenvalue weighted by Crippen LogP contribution is 2.04. The molecule has 1 rings (SSSR count). The summed E-state index contributed by atoms with van der Waals surface area (Å²) in [5.41, 5.74) is 0. The minimum atomic E-state index is 1.12. The molecule has 0 atom stereocenters. The molecule has 0 heterocycles. The smallest absolute Gasteiger partial charge is 0.0169 e. The fraction of sp³-hybridized carbons (Fsp3) is 0.538. The summed E-state index contributed by atoms with van der Waals surface area (Å²) in [6.07, 6.45) is 22.5. The zero-order valence-electron chi connectivity index (χ0n) is 8.41. The molecule has 13 heavy (non-hydrogen) atoms. The van der Waals surface area contributed by atoms with Crippen molar-refractivity contribution in [2.75, 3.05) is 0 Å². The van der Waals surface area contributed by atoms with E-state index < -0.39 is 0 Å². The fourth-order valence-corrected chi connectivity index (χ4v) is 1.45. The van der Waals surface area contributed by atoms with E-state index in [2.05, 4.69) is 36.5 Å². The average molecular weight is 176 g/mol. The average Bonchev–Trinajstić information content (AvgIpc) is 2.18. The van der Waals surface area contributed by atoms with Crippen LogP contribution in [0, 0.1) is 0 Å². The van der Waals surface area contributed by atoms with Gasteiger partial charge in [0.2, 0.25) is 0 Å². The normalized spacial score (nSPS) is 25.2. The summed E-state index contributed by atoms with van der Waals surface area (Å²) in [5, 5.41) is 0. The molecule has 0 saturated heterocycles. The van der Waals surface area contributed by atoms with Crippen LogP contribution in [-0.4, -0.2) is 0 Å². The Labute approximate surface area is 82.0 Å². The summed E-state index contributed by atoms with van der Waals surface area (Å²) in [6.45, 7) is 0. The number of hydrogen-bond acceptors (Lipinski definition) is 0. The first-order valence-electron chi connectivity index (χ1n) is 5.45. The zero-order valence-corrected chi connectivity index (χ0v) is 8.41. The van der Waals surface area contributed by atoms with Crippen molar-refractivity contribution >= 4 is 0 Å². The summed E-state index contributed by atoms with van der Waals surface area (Å²) in [7, 11) is 0. The zero-order chi connectivity index (χ0) is 9.19. The largest absolute Gasteiger partial charge is 0.0885 e. The molecule has 0 nitrogen and oxygen atoms in total. The minimum absolute atomic E-state index is 1.12. The highest BCUT2D eigenvalue weighted by atomic mass is 13.9. The molecule has 0 amide bonds. The fourth-order valence-electron chi connectivity index (χ4n) is 1.45. The summed E-state index contributed by atoms with van der Waals surface area (Å²) >= 11 is 0. The second-order valence-electron chi connectivity index (χ2n) is 3.51. The van der Waals surface area contributed by atoms with Crippen molar-refractivity contribution in [3.8, 4) is 0 Å². The molecule has 0 spiro atoms. The molecule has 0 radical (unpaired) electrons. The molecule has 0 aromatic rings. The van der Waals surface area contributed by atoms with Gasteiger partial charge >= 0.3 is 0 Å². The molecule has 0 unspecified atom stereocenters. The lowest BCUT2D eigenvalue weighted by molar-refractivity contribution is 0.842. The van der Waals surface area contributed by atoms with Gasteiger partial charge in [-0.3, -0.25) is 0 Å². The number of hydrogen-bond donors (Lipinski definition) is 0. The van der Waals surface area contributed by atoms with E-state index in [1.165, 1.54) is 38.5 Å². The predicted molar refractivity (Wildman–Crippen MR) is 59.7 cm³/mol. The molecule has 0 saturated carbocycles. The van der Waals surface area contributed by atoms with Gasteiger partial charge in [-0.25, -0.2) is 0 Å². The monoisotopic (exact) mass is 176 g/mol. The maximum absolute atomic E-state index is 2.33. The molecule has 0 aromatic heterocycles. The SMILES string of the molecule is C1=CCCC/C=C/C/C=C\CCC1. The Bertz CT molecular complexity index is 164. The van der Waals surface area contributed by atoms with Gasteiger partial charge in [-0.15, -0.1) is 0 Å². The molecular weight excluding hydrogens is 156 g/mol. The Morgan fingerprint density at radius 1 is 0.462 bits per heavy atom.